The number of aryl methyl sites for hydroxylation is 1. The van der Waals surface area contributed by atoms with Crippen molar-refractivity contribution in [2.45, 2.75) is 20.8 Å². The van der Waals surface area contributed by atoms with Gasteiger partial charge in [-0.2, -0.15) is 0 Å². The molecule has 23 heavy (non-hydrogen) atoms. The second-order valence-corrected chi connectivity index (χ2v) is 4.98. The summed E-state index contributed by atoms with van der Waals surface area (Å²) in [5.41, 5.74) is 3.04. The lowest BCUT2D eigenvalue weighted by atomic mass is 10.1. The lowest BCUT2D eigenvalue weighted by Gasteiger charge is -2.13. The molecule has 1 aromatic carbocycles. The van der Waals surface area contributed by atoms with E-state index in [2.05, 4.69) is 15.6 Å². The molecule has 0 aliphatic rings. The number of H-pyrrole nitrogens is 1. The van der Waals surface area contributed by atoms with E-state index in [0.717, 1.165) is 11.4 Å². The van der Waals surface area contributed by atoms with E-state index in [4.69, 9.17) is 4.74 Å². The van der Waals surface area contributed by atoms with Gasteiger partial charge in [-0.1, -0.05) is 0 Å². The minimum atomic E-state index is -0.413. The Labute approximate surface area is 135 Å². The van der Waals surface area contributed by atoms with Crippen LogP contribution in [0.15, 0.2) is 30.5 Å². The van der Waals surface area contributed by atoms with Gasteiger partial charge < -0.3 is 20.4 Å². The summed E-state index contributed by atoms with van der Waals surface area (Å²) in [5, 5.41) is 6.01. The Bertz CT molecular complexity index is 707. The van der Waals surface area contributed by atoms with E-state index in [9.17, 15) is 9.59 Å². The van der Waals surface area contributed by atoms with Gasteiger partial charge in [-0.25, -0.2) is 4.79 Å². The third-order valence-corrected chi connectivity index (χ3v) is 3.34. The first-order chi connectivity index (χ1) is 11.1. The fraction of sp³-hybridized carbons (Fsp3) is 0.294. The largest absolute Gasteiger partial charge is 0.462 e. The first-order valence-corrected chi connectivity index (χ1v) is 7.57. The van der Waals surface area contributed by atoms with Gasteiger partial charge in [0.15, 0.2) is 0 Å². The van der Waals surface area contributed by atoms with Crippen LogP contribution in [0.5, 0.6) is 0 Å². The molecule has 2 rings (SSSR count). The van der Waals surface area contributed by atoms with Crippen molar-refractivity contribution >= 4 is 23.3 Å². The Hall–Kier alpha value is -2.76. The molecule has 0 aliphatic carbocycles. The molecule has 0 spiro atoms. The number of esters is 1. The lowest BCUT2D eigenvalue weighted by Crippen LogP contribution is -2.15. The molecular weight excluding hydrogens is 294 g/mol. The lowest BCUT2D eigenvalue weighted by molar-refractivity contribution is 0.0526. The molecule has 1 aromatic heterocycles. The van der Waals surface area contributed by atoms with Crippen molar-refractivity contribution in [3.63, 3.8) is 0 Å². The SMILES string of the molecule is CCNc1ccc(C(=O)OCC)cc1NC(=O)c1cc[nH]c1C. The maximum absolute atomic E-state index is 12.4. The number of ether oxygens (including phenoxy) is 1. The maximum Gasteiger partial charge on any atom is 0.338 e. The van der Waals surface area contributed by atoms with Crippen LogP contribution in [0.1, 0.15) is 40.3 Å². The van der Waals surface area contributed by atoms with Gasteiger partial charge in [0, 0.05) is 18.4 Å². The molecule has 2 aromatic rings. The van der Waals surface area contributed by atoms with E-state index >= 15 is 0 Å². The quantitative estimate of drug-likeness (QED) is 0.715. The van der Waals surface area contributed by atoms with Crippen LogP contribution in [0.3, 0.4) is 0 Å². The highest BCUT2D eigenvalue weighted by atomic mass is 16.5. The molecule has 1 amide bonds. The highest BCUT2D eigenvalue weighted by molar-refractivity contribution is 6.07. The number of rotatable bonds is 6. The number of aromatic amines is 1. The first-order valence-electron chi connectivity index (χ1n) is 7.57. The Kier molecular flexibility index (Phi) is 5.41. The molecule has 1 heterocycles. The Morgan fingerprint density at radius 3 is 2.57 bits per heavy atom. The number of amides is 1. The van der Waals surface area contributed by atoms with Gasteiger partial charge in [0.2, 0.25) is 0 Å². The summed E-state index contributed by atoms with van der Waals surface area (Å²) < 4.78 is 5.00. The van der Waals surface area contributed by atoms with Crippen molar-refractivity contribution in [1.29, 1.82) is 0 Å². The number of carbonyl (C=O) groups excluding carboxylic acids is 2. The van der Waals surface area contributed by atoms with Gasteiger partial charge >= 0.3 is 5.97 Å². The molecule has 0 radical (unpaired) electrons. The predicted molar refractivity (Wildman–Crippen MR) is 90.0 cm³/mol. The van der Waals surface area contributed by atoms with E-state index in [1.54, 1.807) is 37.4 Å². The molecule has 0 saturated carbocycles. The van der Waals surface area contributed by atoms with E-state index in [1.807, 2.05) is 13.8 Å². The number of anilines is 2. The van der Waals surface area contributed by atoms with Gasteiger partial charge in [0.25, 0.3) is 5.91 Å². The number of hydrogen-bond acceptors (Lipinski definition) is 4. The summed E-state index contributed by atoms with van der Waals surface area (Å²) >= 11 is 0. The standard InChI is InChI=1S/C17H21N3O3/c1-4-18-14-7-6-12(17(22)23-5-2)10-15(14)20-16(21)13-8-9-19-11(13)3/h6-10,18-19H,4-5H2,1-3H3,(H,20,21). The maximum atomic E-state index is 12.4. The average molecular weight is 315 g/mol. The van der Waals surface area contributed by atoms with Gasteiger partial charge in [0.1, 0.15) is 0 Å². The minimum absolute atomic E-state index is 0.232. The average Bonchev–Trinajstić information content (AvgIpc) is 2.95. The molecule has 0 fully saturated rings. The molecule has 6 heteroatoms. The van der Waals surface area contributed by atoms with Crippen LogP contribution in [0.2, 0.25) is 0 Å². The van der Waals surface area contributed by atoms with Crippen LogP contribution in [0, 0.1) is 6.92 Å². The Balaban J connectivity index is 2.30. The molecule has 0 saturated heterocycles. The highest BCUT2D eigenvalue weighted by Crippen LogP contribution is 2.25. The minimum Gasteiger partial charge on any atom is -0.462 e. The van der Waals surface area contributed by atoms with Gasteiger partial charge in [0.05, 0.1) is 29.1 Å². The van der Waals surface area contributed by atoms with Crippen molar-refractivity contribution in [3.05, 3.63) is 47.3 Å². The van der Waals surface area contributed by atoms with E-state index in [0.29, 0.717) is 30.0 Å². The number of nitrogens with one attached hydrogen (secondary N) is 3. The van der Waals surface area contributed by atoms with E-state index < -0.39 is 5.97 Å². The summed E-state index contributed by atoms with van der Waals surface area (Å²) in [5.74, 6) is -0.646. The number of hydrogen-bond donors (Lipinski definition) is 3. The number of carbonyl (C=O) groups is 2. The second-order valence-electron chi connectivity index (χ2n) is 4.98. The Morgan fingerprint density at radius 2 is 1.96 bits per heavy atom. The first kappa shape index (κ1) is 16.6. The fourth-order valence-electron chi connectivity index (χ4n) is 2.22. The van der Waals surface area contributed by atoms with E-state index in [1.165, 1.54) is 0 Å². The third kappa shape index (κ3) is 3.91. The van der Waals surface area contributed by atoms with Crippen LogP contribution in [-0.2, 0) is 4.74 Å². The van der Waals surface area contributed by atoms with Gasteiger partial charge in [-0.15, -0.1) is 0 Å². The summed E-state index contributed by atoms with van der Waals surface area (Å²) in [4.78, 5) is 27.2. The van der Waals surface area contributed by atoms with Crippen molar-refractivity contribution in [1.82, 2.24) is 4.98 Å². The summed E-state index contributed by atoms with van der Waals surface area (Å²) in [6.45, 7) is 6.54. The topological polar surface area (TPSA) is 83.2 Å². The van der Waals surface area contributed by atoms with E-state index in [-0.39, 0.29) is 5.91 Å². The van der Waals surface area contributed by atoms with Crippen LogP contribution < -0.4 is 10.6 Å². The summed E-state index contributed by atoms with van der Waals surface area (Å²) in [7, 11) is 0. The van der Waals surface area contributed by atoms with Gasteiger partial charge in [-0.3, -0.25) is 4.79 Å². The molecule has 3 N–H and O–H groups in total. The zero-order valence-corrected chi connectivity index (χ0v) is 13.5. The predicted octanol–water partition coefficient (Wildman–Crippen LogP) is 3.18. The molecular formula is C17H21N3O3. The van der Waals surface area contributed by atoms with Crippen molar-refractivity contribution < 1.29 is 14.3 Å². The van der Waals surface area contributed by atoms with Crippen LogP contribution in [0.4, 0.5) is 11.4 Å². The zero-order chi connectivity index (χ0) is 16.8. The molecule has 0 unspecified atom stereocenters. The molecule has 0 atom stereocenters. The van der Waals surface area contributed by atoms with Crippen molar-refractivity contribution in [3.8, 4) is 0 Å². The third-order valence-electron chi connectivity index (χ3n) is 3.34. The molecule has 122 valence electrons. The van der Waals surface area contributed by atoms with Gasteiger partial charge in [-0.05, 0) is 45.0 Å². The number of benzene rings is 1. The zero-order valence-electron chi connectivity index (χ0n) is 13.5. The summed E-state index contributed by atoms with van der Waals surface area (Å²) in [6, 6.07) is 6.77. The smallest absolute Gasteiger partial charge is 0.338 e. The highest BCUT2D eigenvalue weighted by Gasteiger charge is 2.15. The van der Waals surface area contributed by atoms with Crippen molar-refractivity contribution in [2.75, 3.05) is 23.8 Å². The van der Waals surface area contributed by atoms with Crippen LogP contribution >= 0.6 is 0 Å². The normalized spacial score (nSPS) is 10.2. The molecule has 0 bridgehead atoms. The van der Waals surface area contributed by atoms with Crippen LogP contribution in [-0.4, -0.2) is 30.0 Å². The van der Waals surface area contributed by atoms with Crippen LogP contribution in [0.25, 0.3) is 0 Å². The monoisotopic (exact) mass is 315 g/mol. The fourth-order valence-corrected chi connectivity index (χ4v) is 2.22. The second kappa shape index (κ2) is 7.49. The Morgan fingerprint density at radius 1 is 1.17 bits per heavy atom. The summed E-state index contributed by atoms with van der Waals surface area (Å²) in [6.07, 6.45) is 1.71. The van der Waals surface area contributed by atoms with Crippen molar-refractivity contribution in [2.24, 2.45) is 0 Å². The molecule has 6 nitrogen and oxygen atoms in total. The number of aromatic nitrogens is 1. The molecule has 0 aliphatic heterocycles.